The number of carbonyl (C=O) groups excluding carboxylic acids is 1. The maximum absolute atomic E-state index is 11.8. The first-order valence-electron chi connectivity index (χ1n) is 6.08. The van der Waals surface area contributed by atoms with Crippen molar-refractivity contribution in [2.24, 2.45) is 0 Å². The number of ether oxygens (including phenoxy) is 1. The van der Waals surface area contributed by atoms with Gasteiger partial charge in [0.25, 0.3) is 0 Å². The molecular formula is C14H16N2O2S. The molecule has 1 aromatic carbocycles. The third-order valence-electron chi connectivity index (χ3n) is 2.59. The Bertz CT molecular complexity index is 593. The van der Waals surface area contributed by atoms with E-state index in [1.807, 2.05) is 31.2 Å². The number of hydrogen-bond acceptors (Lipinski definition) is 5. The second kappa shape index (κ2) is 5.84. The molecule has 2 rings (SSSR count). The number of hydrogen-bond donors (Lipinski definition) is 1. The maximum Gasteiger partial charge on any atom is 0.360 e. The molecule has 0 spiro atoms. The molecule has 0 saturated heterocycles. The second-order valence-electron chi connectivity index (χ2n) is 4.04. The summed E-state index contributed by atoms with van der Waals surface area (Å²) in [5.41, 5.74) is 2.53. The number of benzene rings is 1. The number of esters is 1. The van der Waals surface area contributed by atoms with Gasteiger partial charge in [-0.1, -0.05) is 35.1 Å². The SMILES string of the molecule is CCOC(=O)c1nc(-c2cccc(C)c2)sc1NC. The van der Waals surface area contributed by atoms with E-state index in [2.05, 4.69) is 10.3 Å². The summed E-state index contributed by atoms with van der Waals surface area (Å²) < 4.78 is 5.01. The zero-order chi connectivity index (χ0) is 13.8. The summed E-state index contributed by atoms with van der Waals surface area (Å²) in [5, 5.41) is 4.54. The molecule has 1 heterocycles. The van der Waals surface area contributed by atoms with Gasteiger partial charge in [0.1, 0.15) is 10.0 Å². The zero-order valence-electron chi connectivity index (χ0n) is 11.2. The highest BCUT2D eigenvalue weighted by atomic mass is 32.1. The average Bonchev–Trinajstić information content (AvgIpc) is 2.83. The molecule has 2 aromatic rings. The standard InChI is InChI=1S/C14H16N2O2S/c1-4-18-14(17)11-13(15-3)19-12(16-11)10-7-5-6-9(2)8-10/h5-8,15H,4H2,1-3H3. The highest BCUT2D eigenvalue weighted by molar-refractivity contribution is 7.19. The van der Waals surface area contributed by atoms with Gasteiger partial charge < -0.3 is 10.1 Å². The number of aryl methyl sites for hydroxylation is 1. The summed E-state index contributed by atoms with van der Waals surface area (Å²) in [5.74, 6) is -0.387. The van der Waals surface area contributed by atoms with E-state index in [0.717, 1.165) is 21.1 Å². The number of thiazole rings is 1. The average molecular weight is 276 g/mol. The van der Waals surface area contributed by atoms with Gasteiger partial charge in [-0.2, -0.15) is 0 Å². The van der Waals surface area contributed by atoms with Crippen LogP contribution in [0.15, 0.2) is 24.3 Å². The number of rotatable bonds is 4. The lowest BCUT2D eigenvalue weighted by Crippen LogP contribution is -2.07. The minimum atomic E-state index is -0.387. The van der Waals surface area contributed by atoms with Crippen molar-refractivity contribution in [2.75, 3.05) is 19.0 Å². The van der Waals surface area contributed by atoms with Crippen molar-refractivity contribution in [2.45, 2.75) is 13.8 Å². The molecule has 5 heteroatoms. The van der Waals surface area contributed by atoms with E-state index in [4.69, 9.17) is 4.74 Å². The third-order valence-corrected chi connectivity index (χ3v) is 3.71. The second-order valence-corrected chi connectivity index (χ2v) is 5.04. The molecule has 4 nitrogen and oxygen atoms in total. The van der Waals surface area contributed by atoms with Crippen molar-refractivity contribution in [3.05, 3.63) is 35.5 Å². The van der Waals surface area contributed by atoms with E-state index in [-0.39, 0.29) is 5.97 Å². The number of nitrogens with one attached hydrogen (secondary N) is 1. The first-order chi connectivity index (χ1) is 9.15. The maximum atomic E-state index is 11.8. The summed E-state index contributed by atoms with van der Waals surface area (Å²) >= 11 is 1.45. The van der Waals surface area contributed by atoms with E-state index < -0.39 is 0 Å². The number of anilines is 1. The Balaban J connectivity index is 2.41. The van der Waals surface area contributed by atoms with Crippen molar-refractivity contribution in [3.63, 3.8) is 0 Å². The molecular weight excluding hydrogens is 260 g/mol. The molecule has 0 aliphatic carbocycles. The van der Waals surface area contributed by atoms with E-state index in [9.17, 15) is 4.79 Å². The van der Waals surface area contributed by atoms with E-state index >= 15 is 0 Å². The largest absolute Gasteiger partial charge is 0.461 e. The van der Waals surface area contributed by atoms with Crippen LogP contribution in [0, 0.1) is 6.92 Å². The fraction of sp³-hybridized carbons (Fsp3) is 0.286. The van der Waals surface area contributed by atoms with E-state index in [0.29, 0.717) is 12.3 Å². The molecule has 0 radical (unpaired) electrons. The van der Waals surface area contributed by atoms with Crippen LogP contribution >= 0.6 is 11.3 Å². The molecule has 0 aliphatic rings. The smallest absolute Gasteiger partial charge is 0.360 e. The fourth-order valence-corrected chi connectivity index (χ4v) is 2.63. The van der Waals surface area contributed by atoms with Crippen LogP contribution in [-0.4, -0.2) is 24.6 Å². The lowest BCUT2D eigenvalue weighted by atomic mass is 10.1. The predicted molar refractivity (Wildman–Crippen MR) is 77.8 cm³/mol. The quantitative estimate of drug-likeness (QED) is 0.870. The van der Waals surface area contributed by atoms with Crippen molar-refractivity contribution in [3.8, 4) is 10.6 Å². The summed E-state index contributed by atoms with van der Waals surface area (Å²) in [7, 11) is 1.77. The normalized spacial score (nSPS) is 10.3. The Labute approximate surface area is 116 Å². The molecule has 1 aromatic heterocycles. The van der Waals surface area contributed by atoms with E-state index in [1.54, 1.807) is 14.0 Å². The Morgan fingerprint density at radius 2 is 2.26 bits per heavy atom. The van der Waals surface area contributed by atoms with Crippen LogP contribution < -0.4 is 5.32 Å². The first-order valence-corrected chi connectivity index (χ1v) is 6.90. The molecule has 0 bridgehead atoms. The van der Waals surface area contributed by atoms with Crippen molar-refractivity contribution < 1.29 is 9.53 Å². The van der Waals surface area contributed by atoms with Gasteiger partial charge in [-0.05, 0) is 19.9 Å². The monoisotopic (exact) mass is 276 g/mol. The van der Waals surface area contributed by atoms with E-state index in [1.165, 1.54) is 11.3 Å². The lowest BCUT2D eigenvalue weighted by molar-refractivity contribution is 0.0521. The van der Waals surface area contributed by atoms with Crippen molar-refractivity contribution in [1.29, 1.82) is 0 Å². The fourth-order valence-electron chi connectivity index (χ4n) is 1.73. The summed E-state index contributed by atoms with van der Waals surface area (Å²) in [6, 6.07) is 8.05. The van der Waals surface area contributed by atoms with Gasteiger partial charge in [0.05, 0.1) is 6.61 Å². The minimum Gasteiger partial charge on any atom is -0.461 e. The number of nitrogens with zero attached hydrogens (tertiary/aromatic N) is 1. The van der Waals surface area contributed by atoms with Crippen LogP contribution in [0.25, 0.3) is 10.6 Å². The van der Waals surface area contributed by atoms with Gasteiger partial charge in [0, 0.05) is 12.6 Å². The summed E-state index contributed by atoms with van der Waals surface area (Å²) in [4.78, 5) is 16.2. The molecule has 0 unspecified atom stereocenters. The van der Waals surface area contributed by atoms with Crippen LogP contribution in [-0.2, 0) is 4.74 Å². The molecule has 1 N–H and O–H groups in total. The molecule has 0 atom stereocenters. The topological polar surface area (TPSA) is 51.2 Å². The third kappa shape index (κ3) is 2.93. The lowest BCUT2D eigenvalue weighted by Gasteiger charge is -2.00. The Morgan fingerprint density at radius 3 is 2.89 bits per heavy atom. The summed E-state index contributed by atoms with van der Waals surface area (Å²) in [6.07, 6.45) is 0. The van der Waals surface area contributed by atoms with Crippen LogP contribution in [0.4, 0.5) is 5.00 Å². The number of aromatic nitrogens is 1. The van der Waals surface area contributed by atoms with Crippen LogP contribution in [0.2, 0.25) is 0 Å². The molecule has 0 fully saturated rings. The molecule has 19 heavy (non-hydrogen) atoms. The number of carbonyl (C=O) groups is 1. The zero-order valence-corrected chi connectivity index (χ0v) is 12.0. The van der Waals surface area contributed by atoms with Gasteiger partial charge >= 0.3 is 5.97 Å². The molecule has 0 amide bonds. The predicted octanol–water partition coefficient (Wildman–Crippen LogP) is 3.34. The Morgan fingerprint density at radius 1 is 1.47 bits per heavy atom. The van der Waals surface area contributed by atoms with Gasteiger partial charge in [0.2, 0.25) is 0 Å². The highest BCUT2D eigenvalue weighted by Crippen LogP contribution is 2.32. The summed E-state index contributed by atoms with van der Waals surface area (Å²) in [6.45, 7) is 4.16. The van der Waals surface area contributed by atoms with Gasteiger partial charge in [-0.3, -0.25) is 0 Å². The Kier molecular flexibility index (Phi) is 4.16. The van der Waals surface area contributed by atoms with Gasteiger partial charge in [-0.15, -0.1) is 0 Å². The minimum absolute atomic E-state index is 0.347. The molecule has 0 saturated carbocycles. The van der Waals surface area contributed by atoms with Crippen molar-refractivity contribution in [1.82, 2.24) is 4.98 Å². The van der Waals surface area contributed by atoms with Gasteiger partial charge in [0.15, 0.2) is 5.69 Å². The van der Waals surface area contributed by atoms with Crippen LogP contribution in [0.1, 0.15) is 23.0 Å². The Hall–Kier alpha value is -1.88. The first kappa shape index (κ1) is 13.5. The molecule has 0 aliphatic heterocycles. The van der Waals surface area contributed by atoms with Crippen molar-refractivity contribution >= 4 is 22.3 Å². The molecule has 100 valence electrons. The van der Waals surface area contributed by atoms with Crippen LogP contribution in [0.3, 0.4) is 0 Å². The highest BCUT2D eigenvalue weighted by Gasteiger charge is 2.19. The van der Waals surface area contributed by atoms with Gasteiger partial charge in [-0.25, -0.2) is 9.78 Å². The van der Waals surface area contributed by atoms with Crippen LogP contribution in [0.5, 0.6) is 0 Å².